The fraction of sp³-hybridized carbons (Fsp3) is 0.400. The molecule has 1 heterocycles. The van der Waals surface area contributed by atoms with E-state index in [-0.39, 0.29) is 32.0 Å². The summed E-state index contributed by atoms with van der Waals surface area (Å²) in [5.74, 6) is -1.82. The maximum atomic E-state index is 12.8. The molecular weight excluding hydrogens is 440 g/mol. The minimum absolute atomic E-state index is 0.0717. The molecule has 0 saturated carbocycles. The molecule has 1 fully saturated rings. The number of fused-ring (bicyclic) bond motifs is 3. The number of hydrogen-bond acceptors (Lipinski definition) is 6. The van der Waals surface area contributed by atoms with Crippen molar-refractivity contribution in [3.63, 3.8) is 0 Å². The van der Waals surface area contributed by atoms with E-state index in [2.05, 4.69) is 10.6 Å². The van der Waals surface area contributed by atoms with Crippen LogP contribution in [0.1, 0.15) is 36.3 Å². The Hall–Kier alpha value is -3.43. The predicted octanol–water partition coefficient (Wildman–Crippen LogP) is 2.02. The summed E-state index contributed by atoms with van der Waals surface area (Å²) >= 11 is 0. The zero-order chi connectivity index (χ0) is 24.1. The highest BCUT2D eigenvalue weighted by Crippen LogP contribution is 2.44. The first-order valence-corrected chi connectivity index (χ1v) is 11.3. The van der Waals surface area contributed by atoms with Crippen molar-refractivity contribution in [1.29, 1.82) is 0 Å². The topological polar surface area (TPSA) is 134 Å². The van der Waals surface area contributed by atoms with E-state index in [1.165, 1.54) is 0 Å². The van der Waals surface area contributed by atoms with Crippen LogP contribution in [0.2, 0.25) is 0 Å². The molecule has 0 aromatic heterocycles. The highest BCUT2D eigenvalue weighted by atomic mass is 16.5. The number of carbonyl (C=O) groups excluding carboxylic acids is 2. The number of alkyl carbamates (subject to hydrolysis) is 1. The second-order valence-corrected chi connectivity index (χ2v) is 8.50. The van der Waals surface area contributed by atoms with Crippen LogP contribution in [0.25, 0.3) is 11.1 Å². The number of benzene rings is 2. The molecule has 3 atom stereocenters. The summed E-state index contributed by atoms with van der Waals surface area (Å²) in [6.45, 7) is 0.611. The first-order valence-electron chi connectivity index (χ1n) is 11.3. The average molecular weight is 469 g/mol. The Morgan fingerprint density at radius 3 is 2.32 bits per heavy atom. The van der Waals surface area contributed by atoms with Crippen LogP contribution < -0.4 is 10.6 Å². The molecule has 2 aliphatic rings. The van der Waals surface area contributed by atoms with Crippen molar-refractivity contribution in [2.45, 2.75) is 43.4 Å². The summed E-state index contributed by atoms with van der Waals surface area (Å²) in [5.41, 5.74) is 4.31. The Morgan fingerprint density at radius 2 is 1.71 bits per heavy atom. The van der Waals surface area contributed by atoms with Crippen molar-refractivity contribution < 1.29 is 34.1 Å². The fourth-order valence-electron chi connectivity index (χ4n) is 4.47. The number of carboxylic acid groups (broad SMARTS) is 1. The molecule has 1 saturated heterocycles. The van der Waals surface area contributed by atoms with Crippen molar-refractivity contribution in [2.75, 3.05) is 19.8 Å². The van der Waals surface area contributed by atoms with E-state index in [4.69, 9.17) is 14.6 Å². The molecule has 9 heteroatoms. The van der Waals surface area contributed by atoms with E-state index in [1.807, 2.05) is 48.5 Å². The van der Waals surface area contributed by atoms with Crippen LogP contribution in [-0.4, -0.2) is 66.2 Å². The molecule has 2 aromatic carbocycles. The number of aliphatic hydroxyl groups is 1. The van der Waals surface area contributed by atoms with Gasteiger partial charge in [-0.2, -0.15) is 0 Å². The Kier molecular flexibility index (Phi) is 7.44. The van der Waals surface area contributed by atoms with E-state index in [0.717, 1.165) is 22.3 Å². The number of aliphatic hydroxyl groups excluding tert-OH is 1. The molecule has 2 amide bonds. The number of carbonyl (C=O) groups is 3. The smallest absolute Gasteiger partial charge is 0.407 e. The van der Waals surface area contributed by atoms with Crippen molar-refractivity contribution in [3.8, 4) is 11.1 Å². The second-order valence-electron chi connectivity index (χ2n) is 8.50. The summed E-state index contributed by atoms with van der Waals surface area (Å²) in [7, 11) is 0. The van der Waals surface area contributed by atoms with Gasteiger partial charge in [0.1, 0.15) is 12.6 Å². The number of nitrogens with one attached hydrogen (secondary N) is 2. The molecule has 1 aliphatic carbocycles. The van der Waals surface area contributed by atoms with Crippen LogP contribution in [0.4, 0.5) is 4.79 Å². The number of rotatable bonds is 8. The van der Waals surface area contributed by atoms with Crippen molar-refractivity contribution in [3.05, 3.63) is 59.7 Å². The van der Waals surface area contributed by atoms with E-state index in [1.54, 1.807) is 0 Å². The zero-order valence-electron chi connectivity index (χ0n) is 18.6. The van der Waals surface area contributed by atoms with Gasteiger partial charge in [0.15, 0.2) is 0 Å². The summed E-state index contributed by atoms with van der Waals surface area (Å²) in [5, 5.41) is 24.2. The molecule has 4 N–H and O–H groups in total. The molecular formula is C25H28N2O7. The number of carboxylic acids is 1. The van der Waals surface area contributed by atoms with Gasteiger partial charge in [0.2, 0.25) is 5.91 Å². The minimum Gasteiger partial charge on any atom is -0.481 e. The number of ether oxygens (including phenoxy) is 2. The SMILES string of the molecule is O=C(O)CCC(NC(=O)OCC1c2ccccc2-c2ccccc21)C(=O)N[C@@H]1COCC[C@H]1O. The van der Waals surface area contributed by atoms with Crippen molar-refractivity contribution in [1.82, 2.24) is 10.6 Å². The highest BCUT2D eigenvalue weighted by Gasteiger charge is 2.31. The monoisotopic (exact) mass is 468 g/mol. The summed E-state index contributed by atoms with van der Waals surface area (Å²) < 4.78 is 10.8. The van der Waals surface area contributed by atoms with Gasteiger partial charge in [-0.05, 0) is 35.1 Å². The molecule has 0 spiro atoms. The Labute approximate surface area is 197 Å². The quantitative estimate of drug-likeness (QED) is 0.466. The Bertz CT molecular complexity index is 1010. The van der Waals surface area contributed by atoms with Crippen molar-refractivity contribution >= 4 is 18.0 Å². The van der Waals surface area contributed by atoms with E-state index in [9.17, 15) is 19.5 Å². The van der Waals surface area contributed by atoms with Crippen LogP contribution in [0.3, 0.4) is 0 Å². The average Bonchev–Trinajstić information content (AvgIpc) is 3.15. The van der Waals surface area contributed by atoms with Gasteiger partial charge in [0, 0.05) is 18.9 Å². The highest BCUT2D eigenvalue weighted by molar-refractivity contribution is 5.86. The Balaban J connectivity index is 1.40. The van der Waals surface area contributed by atoms with Gasteiger partial charge in [-0.15, -0.1) is 0 Å². The van der Waals surface area contributed by atoms with Crippen LogP contribution in [0, 0.1) is 0 Å². The lowest BCUT2D eigenvalue weighted by molar-refractivity contribution is -0.137. The van der Waals surface area contributed by atoms with Crippen LogP contribution in [-0.2, 0) is 19.1 Å². The van der Waals surface area contributed by atoms with Crippen LogP contribution in [0.5, 0.6) is 0 Å². The van der Waals surface area contributed by atoms with Gasteiger partial charge in [0.05, 0.1) is 18.8 Å². The molecule has 4 rings (SSSR count). The molecule has 1 aliphatic heterocycles. The third-order valence-corrected chi connectivity index (χ3v) is 6.25. The summed E-state index contributed by atoms with van der Waals surface area (Å²) in [6.07, 6.45) is -1.63. The third-order valence-electron chi connectivity index (χ3n) is 6.25. The number of hydrogen-bond donors (Lipinski definition) is 4. The molecule has 1 unspecified atom stereocenters. The maximum Gasteiger partial charge on any atom is 0.407 e. The standard InChI is InChI=1S/C25H28N2O7/c28-22-11-12-33-14-21(22)26-24(31)20(9-10-23(29)30)27-25(32)34-13-19-17-7-3-1-5-15(17)16-6-2-4-8-18(16)19/h1-8,19-22,28H,9-14H2,(H,26,31)(H,27,32)(H,29,30)/t20?,21-,22-/m1/s1. The van der Waals surface area contributed by atoms with Gasteiger partial charge in [-0.3, -0.25) is 9.59 Å². The predicted molar refractivity (Wildman–Crippen MR) is 122 cm³/mol. The van der Waals surface area contributed by atoms with Gasteiger partial charge in [-0.1, -0.05) is 48.5 Å². The molecule has 34 heavy (non-hydrogen) atoms. The molecule has 0 radical (unpaired) electrons. The lowest BCUT2D eigenvalue weighted by Crippen LogP contribution is -2.55. The molecule has 180 valence electrons. The third kappa shape index (κ3) is 5.37. The van der Waals surface area contributed by atoms with Crippen molar-refractivity contribution in [2.24, 2.45) is 0 Å². The van der Waals surface area contributed by atoms with Crippen LogP contribution in [0.15, 0.2) is 48.5 Å². The zero-order valence-corrected chi connectivity index (χ0v) is 18.6. The largest absolute Gasteiger partial charge is 0.481 e. The van der Waals surface area contributed by atoms with Gasteiger partial charge >= 0.3 is 12.1 Å². The maximum absolute atomic E-state index is 12.8. The van der Waals surface area contributed by atoms with E-state index >= 15 is 0 Å². The first-order chi connectivity index (χ1) is 16.4. The van der Waals surface area contributed by atoms with Crippen LogP contribution >= 0.6 is 0 Å². The summed E-state index contributed by atoms with van der Waals surface area (Å²) in [6, 6.07) is 14.1. The summed E-state index contributed by atoms with van der Waals surface area (Å²) in [4.78, 5) is 36.4. The minimum atomic E-state index is -1.12. The second kappa shape index (κ2) is 10.7. The number of amides is 2. The lowest BCUT2D eigenvalue weighted by Gasteiger charge is -2.30. The molecule has 2 aromatic rings. The Morgan fingerprint density at radius 1 is 1.06 bits per heavy atom. The van der Waals surface area contributed by atoms with Gasteiger partial charge < -0.3 is 30.3 Å². The lowest BCUT2D eigenvalue weighted by atomic mass is 9.98. The van der Waals surface area contributed by atoms with E-state index in [0.29, 0.717) is 13.0 Å². The molecule has 9 nitrogen and oxygen atoms in total. The fourth-order valence-corrected chi connectivity index (χ4v) is 4.47. The van der Waals surface area contributed by atoms with Gasteiger partial charge in [-0.25, -0.2) is 4.79 Å². The van der Waals surface area contributed by atoms with E-state index < -0.39 is 36.2 Å². The first kappa shape index (κ1) is 23.7. The number of aliphatic carboxylic acids is 1. The normalized spacial score (nSPS) is 20.0. The van der Waals surface area contributed by atoms with Gasteiger partial charge in [0.25, 0.3) is 0 Å². The molecule has 0 bridgehead atoms.